The summed E-state index contributed by atoms with van der Waals surface area (Å²) in [6.45, 7) is 25.2. The highest BCUT2D eigenvalue weighted by Crippen LogP contribution is 2.72. The smallest absolute Gasteiger partial charge is 0.273 e. The quantitative estimate of drug-likeness (QED) is 0.0523. The number of likely N-dealkylation sites (tertiary alicyclic amines) is 3. The van der Waals surface area contributed by atoms with Crippen molar-refractivity contribution in [2.75, 3.05) is 69.2 Å². The van der Waals surface area contributed by atoms with E-state index in [-0.39, 0.29) is 77.7 Å². The number of amides is 4. The van der Waals surface area contributed by atoms with Crippen LogP contribution in [0.15, 0.2) is 72.4 Å². The van der Waals surface area contributed by atoms with E-state index in [4.69, 9.17) is 34.7 Å². The first kappa shape index (κ1) is 67.9. The number of aliphatic hydroxyl groups is 1. The lowest BCUT2D eigenvalue weighted by molar-refractivity contribution is -0.248. The highest BCUT2D eigenvalue weighted by atomic mass is 32.1. The Bertz CT molecular complexity index is 4080. The summed E-state index contributed by atoms with van der Waals surface area (Å²) in [6, 6.07) is 17.9. The Morgan fingerprint density at radius 2 is 1.58 bits per heavy atom. The van der Waals surface area contributed by atoms with E-state index < -0.39 is 29.5 Å². The van der Waals surface area contributed by atoms with Crippen molar-refractivity contribution < 1.29 is 33.8 Å². The maximum Gasteiger partial charge on any atom is 0.273 e. The van der Waals surface area contributed by atoms with Crippen molar-refractivity contribution in [3.63, 3.8) is 0 Å². The van der Waals surface area contributed by atoms with Crippen LogP contribution in [0.2, 0.25) is 0 Å². The molecule has 0 spiro atoms. The summed E-state index contributed by atoms with van der Waals surface area (Å²) in [5.41, 5.74) is 10.2. The number of hydrogen-bond donors (Lipinski definition) is 4. The van der Waals surface area contributed by atoms with E-state index in [1.165, 1.54) is 37.3 Å². The second-order valence-corrected chi connectivity index (χ2v) is 33.4. The van der Waals surface area contributed by atoms with Crippen LogP contribution in [0, 0.1) is 42.4 Å². The summed E-state index contributed by atoms with van der Waals surface area (Å²) in [5.74, 6) is 0.662. The van der Waals surface area contributed by atoms with Crippen LogP contribution in [0.3, 0.4) is 0 Å². The van der Waals surface area contributed by atoms with Gasteiger partial charge in [0.15, 0.2) is 16.8 Å². The van der Waals surface area contributed by atoms with Crippen molar-refractivity contribution in [3.05, 3.63) is 106 Å². The van der Waals surface area contributed by atoms with Gasteiger partial charge >= 0.3 is 0 Å². The van der Waals surface area contributed by atoms with Gasteiger partial charge in [-0.2, -0.15) is 5.10 Å². The van der Waals surface area contributed by atoms with Crippen LogP contribution in [0.4, 0.5) is 22.6 Å². The molecule has 4 aliphatic carbocycles. The van der Waals surface area contributed by atoms with E-state index in [9.17, 15) is 19.5 Å². The third kappa shape index (κ3) is 13.9. The fourth-order valence-electron chi connectivity index (χ4n) is 18.6. The first-order valence-electron chi connectivity index (χ1n) is 35.6. The molecule has 21 nitrogen and oxygen atoms in total. The number of benzene rings is 2. The number of para-hydroxylation sites is 1. The van der Waals surface area contributed by atoms with Gasteiger partial charge in [-0.3, -0.25) is 23.9 Å². The predicted molar refractivity (Wildman–Crippen MR) is 382 cm³/mol. The van der Waals surface area contributed by atoms with Gasteiger partial charge in [-0.25, -0.2) is 15.0 Å². The number of pyridine rings is 1. The standard InChI is InChI=1S/C75H96N14O7S2/c1-46-54-15-14-29-87(66(54)84-83-65(46)82-70-79-57-16-10-11-17-59(57)98-70)60-23-22-55(56-36-77-89(49(56)4)44-74-39-72(8)38-73(9,40-74)42-75(41-72,43-74)96-34-32-85-27-12-13-28-85)62(80-60)68(93)86-30-24-53(25-31-86)95-33-26-61(91)81-64(71(5,6)7)69(94)88-37-52(90)35-58(88)67(92)78-47(2)50-18-20-51(21-19-50)63-48(3)76-45-97-63/h10-11,16-23,36,45,47,52-53,58,64,90H,12-15,24-35,37-44H2,1-9H3,(H,78,92)(H,81,91)(H,79,82,83)/t47-,52+,58-,64+,72?,73?,74?,75?/m0/s1. The van der Waals surface area contributed by atoms with Gasteiger partial charge in [-0.15, -0.1) is 21.5 Å². The van der Waals surface area contributed by atoms with E-state index in [1.807, 2.05) is 106 Å². The van der Waals surface area contributed by atoms with E-state index in [2.05, 4.69) is 69.2 Å². The number of hydrogen-bond acceptors (Lipinski definition) is 18. The summed E-state index contributed by atoms with van der Waals surface area (Å²) >= 11 is 3.16. The van der Waals surface area contributed by atoms with E-state index in [0.29, 0.717) is 49.8 Å². The van der Waals surface area contributed by atoms with Gasteiger partial charge < -0.3 is 50.1 Å². The summed E-state index contributed by atoms with van der Waals surface area (Å²) in [7, 11) is 0. The zero-order chi connectivity index (χ0) is 68.5. The Kier molecular flexibility index (Phi) is 18.7. The van der Waals surface area contributed by atoms with Crippen molar-refractivity contribution in [1.82, 2.24) is 60.3 Å². The maximum atomic E-state index is 15.5. The highest BCUT2D eigenvalue weighted by molar-refractivity contribution is 7.22. The molecule has 7 fully saturated rings. The Morgan fingerprint density at radius 1 is 0.827 bits per heavy atom. The number of rotatable bonds is 21. The van der Waals surface area contributed by atoms with Crippen LogP contribution in [-0.2, 0) is 36.8 Å². The number of fused-ring (bicyclic) bond motifs is 2. The largest absolute Gasteiger partial charge is 0.391 e. The molecule has 4 aliphatic heterocycles. The molecular formula is C75H96N14O7S2. The van der Waals surface area contributed by atoms with Gasteiger partial charge in [0.05, 0.1) is 69.6 Å². The average Bonchev–Trinajstić information content (AvgIpc) is 0.792. The van der Waals surface area contributed by atoms with E-state index >= 15 is 4.79 Å². The number of carbonyl (C=O) groups is 4. The fourth-order valence-corrected chi connectivity index (χ4v) is 20.3. The molecule has 0 radical (unpaired) electrons. The molecule has 4 bridgehead atoms. The van der Waals surface area contributed by atoms with Crippen LogP contribution >= 0.6 is 22.7 Å². The van der Waals surface area contributed by atoms with Crippen molar-refractivity contribution in [2.24, 2.45) is 21.7 Å². The molecule has 15 rings (SSSR count). The van der Waals surface area contributed by atoms with Gasteiger partial charge in [0.1, 0.15) is 23.6 Å². The number of aliphatic hydroxyl groups excluding tert-OH is 1. The Hall–Kier alpha value is -7.28. The number of anilines is 4. The predicted octanol–water partition coefficient (Wildman–Crippen LogP) is 11.8. The molecular weight excluding hydrogens is 1270 g/mol. The molecule has 98 heavy (non-hydrogen) atoms. The summed E-state index contributed by atoms with van der Waals surface area (Å²) in [6.07, 6.45) is 13.0. The number of nitrogens with one attached hydrogen (secondary N) is 3. The number of piperidine rings is 1. The molecule has 6 atom stereocenters. The lowest BCUT2D eigenvalue weighted by Gasteiger charge is -2.69. The first-order chi connectivity index (χ1) is 46.9. The minimum Gasteiger partial charge on any atom is -0.391 e. The lowest BCUT2D eigenvalue weighted by atomic mass is 9.39. The molecule has 4 saturated carbocycles. The zero-order valence-corrected chi connectivity index (χ0v) is 60.1. The van der Waals surface area contributed by atoms with Gasteiger partial charge in [0.2, 0.25) is 17.7 Å². The fraction of sp³-hybridized carbons (Fsp3) is 0.573. The first-order valence-corrected chi connectivity index (χ1v) is 37.3. The van der Waals surface area contributed by atoms with E-state index in [1.54, 1.807) is 22.7 Å². The molecule has 2 unspecified atom stereocenters. The molecule has 9 heterocycles. The molecule has 23 heteroatoms. The normalized spacial score (nSPS) is 25.5. The highest BCUT2D eigenvalue weighted by Gasteiger charge is 2.66. The number of thiazole rings is 2. The third-order valence-electron chi connectivity index (χ3n) is 22.3. The SMILES string of the molecule is Cc1ncsc1-c1ccc([C@H](C)NC(=O)[C@@H]2C[C@@H](O)CN2C(=O)[C@@H](NC(=O)CCOC2CCN(C(=O)c3nc(N4CCCc5c4nnc(Nc4nc6ccccc6s4)c5C)ccc3-c3cnn(CC45CC6(C)CC(C)(C4)CC(OCCN4CCCC4)(C6)C5)c3C)CC2)C(C)(C)C)cc1. The molecule has 8 aliphatic rings. The number of aromatic nitrogens is 7. The monoisotopic (exact) mass is 1370 g/mol. The van der Waals surface area contributed by atoms with Crippen LogP contribution in [0.5, 0.6) is 0 Å². The molecule has 520 valence electrons. The van der Waals surface area contributed by atoms with Gasteiger partial charge in [-0.1, -0.05) is 82.4 Å². The van der Waals surface area contributed by atoms with Gasteiger partial charge in [-0.05, 0) is 175 Å². The summed E-state index contributed by atoms with van der Waals surface area (Å²) in [5, 5.41) is 36.0. The maximum absolute atomic E-state index is 15.5. The minimum atomic E-state index is -0.983. The van der Waals surface area contributed by atoms with Crippen LogP contribution in [-0.4, -0.2) is 167 Å². The Labute approximate surface area is 583 Å². The second-order valence-electron chi connectivity index (χ2n) is 31.5. The summed E-state index contributed by atoms with van der Waals surface area (Å²) in [4.78, 5) is 81.4. The Morgan fingerprint density at radius 3 is 2.31 bits per heavy atom. The number of carbonyl (C=O) groups excluding carboxylic acids is 4. The van der Waals surface area contributed by atoms with Gasteiger partial charge in [0, 0.05) is 80.1 Å². The summed E-state index contributed by atoms with van der Waals surface area (Å²) < 4.78 is 16.9. The molecule has 7 aromatic rings. The van der Waals surface area contributed by atoms with Gasteiger partial charge in [0.25, 0.3) is 5.91 Å². The average molecular weight is 1370 g/mol. The van der Waals surface area contributed by atoms with Crippen molar-refractivity contribution in [1.29, 1.82) is 0 Å². The Balaban J connectivity index is 0.653. The molecule has 4 amide bonds. The van der Waals surface area contributed by atoms with Crippen molar-refractivity contribution >= 4 is 79.1 Å². The van der Waals surface area contributed by atoms with E-state index in [0.717, 1.165) is 135 Å². The van der Waals surface area contributed by atoms with Crippen LogP contribution in [0.25, 0.3) is 31.8 Å². The van der Waals surface area contributed by atoms with Crippen molar-refractivity contribution in [2.45, 2.75) is 195 Å². The number of ether oxygens (including phenoxy) is 2. The van der Waals surface area contributed by atoms with Crippen LogP contribution in [0.1, 0.15) is 170 Å². The number of nitrogens with zero attached hydrogens (tertiary/aromatic N) is 11. The lowest BCUT2D eigenvalue weighted by Crippen LogP contribution is -2.64. The zero-order valence-electron chi connectivity index (χ0n) is 58.4. The third-order valence-corrected chi connectivity index (χ3v) is 24.2. The minimum absolute atomic E-state index is 0.00467. The molecule has 5 aromatic heterocycles. The topological polar surface area (TPSA) is 238 Å². The molecule has 4 N–H and O–H groups in total. The van der Waals surface area contributed by atoms with Crippen LogP contribution < -0.4 is 20.9 Å². The molecule has 2 aromatic carbocycles. The van der Waals surface area contributed by atoms with Crippen molar-refractivity contribution in [3.8, 4) is 21.6 Å². The number of β-amino-alcohol motifs (C(OH)–C–C–N with tert-alkyl or cyclic N) is 1. The number of aryl methyl sites for hydroxylation is 1. The molecule has 3 saturated heterocycles. The second kappa shape index (κ2) is 27.0.